The van der Waals surface area contributed by atoms with Gasteiger partial charge >= 0.3 is 0 Å². The third-order valence-electron chi connectivity index (χ3n) is 2.73. The quantitative estimate of drug-likeness (QED) is 0.824. The molecule has 0 aliphatic carbocycles. The van der Waals surface area contributed by atoms with E-state index in [-0.39, 0.29) is 5.91 Å². The Labute approximate surface area is 116 Å². The number of unbranched alkanes of at least 4 members (excludes halogenated alkanes) is 2. The third-order valence-corrected chi connectivity index (χ3v) is 3.62. The molecule has 4 nitrogen and oxygen atoms in total. The summed E-state index contributed by atoms with van der Waals surface area (Å²) in [5.41, 5.74) is 1.48. The molecule has 0 radical (unpaired) electrons. The molecule has 1 N–H and O–H groups in total. The van der Waals surface area contributed by atoms with Gasteiger partial charge in [0.2, 0.25) is 0 Å². The molecule has 0 fully saturated rings. The zero-order valence-corrected chi connectivity index (χ0v) is 11.7. The van der Waals surface area contributed by atoms with Crippen LogP contribution in [0, 0.1) is 0 Å². The fourth-order valence-corrected chi connectivity index (χ4v) is 2.48. The van der Waals surface area contributed by atoms with Crippen LogP contribution in [-0.4, -0.2) is 22.4 Å². The predicted molar refractivity (Wildman–Crippen MR) is 77.2 cm³/mol. The van der Waals surface area contributed by atoms with Crippen molar-refractivity contribution >= 4 is 17.2 Å². The smallest absolute Gasteiger partial charge is 0.270 e. The number of hydrogen-bond donors (Lipinski definition) is 1. The highest BCUT2D eigenvalue weighted by atomic mass is 32.1. The van der Waals surface area contributed by atoms with E-state index in [9.17, 15) is 4.79 Å². The lowest BCUT2D eigenvalue weighted by atomic mass is 10.2. The van der Waals surface area contributed by atoms with Crippen LogP contribution in [0.4, 0.5) is 0 Å². The summed E-state index contributed by atoms with van der Waals surface area (Å²) in [5, 5.41) is 5.54. The average Bonchev–Trinajstić information content (AvgIpc) is 2.94. The molecule has 2 rings (SSSR count). The van der Waals surface area contributed by atoms with E-state index in [1.807, 2.05) is 12.1 Å². The molecule has 100 valence electrons. The van der Waals surface area contributed by atoms with Crippen LogP contribution in [0.5, 0.6) is 0 Å². The molecule has 0 bridgehead atoms. The van der Waals surface area contributed by atoms with E-state index in [0.29, 0.717) is 5.69 Å². The third kappa shape index (κ3) is 3.86. The second kappa shape index (κ2) is 6.99. The number of nitrogens with one attached hydrogen (secondary N) is 1. The molecule has 0 saturated heterocycles. The van der Waals surface area contributed by atoms with Gasteiger partial charge in [-0.15, -0.1) is 11.3 Å². The van der Waals surface area contributed by atoms with Gasteiger partial charge in [-0.1, -0.05) is 19.8 Å². The molecule has 0 saturated carbocycles. The molecule has 0 aromatic carbocycles. The highest BCUT2D eigenvalue weighted by Gasteiger charge is 2.10. The molecule has 0 aliphatic rings. The van der Waals surface area contributed by atoms with E-state index in [4.69, 9.17) is 0 Å². The molecule has 19 heavy (non-hydrogen) atoms. The second-order valence-corrected chi connectivity index (χ2v) is 5.09. The Kier molecular flexibility index (Phi) is 5.03. The Bertz CT molecular complexity index is 524. The summed E-state index contributed by atoms with van der Waals surface area (Å²) >= 11 is 1.47. The van der Waals surface area contributed by atoms with E-state index < -0.39 is 0 Å². The lowest BCUT2D eigenvalue weighted by molar-refractivity contribution is 0.0949. The summed E-state index contributed by atoms with van der Waals surface area (Å²) in [6.45, 7) is 2.86. The molecule has 5 heteroatoms. The van der Waals surface area contributed by atoms with E-state index >= 15 is 0 Å². The molecule has 2 aromatic heterocycles. The zero-order chi connectivity index (χ0) is 13.5. The first-order chi connectivity index (χ1) is 9.31. The molecule has 0 atom stereocenters. The Morgan fingerprint density at radius 1 is 1.32 bits per heavy atom. The van der Waals surface area contributed by atoms with Gasteiger partial charge in [-0.25, -0.2) is 4.98 Å². The molecule has 0 aliphatic heterocycles. The van der Waals surface area contributed by atoms with Crippen LogP contribution in [0.1, 0.15) is 36.7 Å². The van der Waals surface area contributed by atoms with E-state index in [1.165, 1.54) is 11.3 Å². The van der Waals surface area contributed by atoms with Crippen LogP contribution >= 0.6 is 11.3 Å². The van der Waals surface area contributed by atoms with Crippen molar-refractivity contribution in [1.29, 1.82) is 0 Å². The minimum absolute atomic E-state index is 0.0901. The first-order valence-electron chi connectivity index (χ1n) is 6.45. The van der Waals surface area contributed by atoms with Gasteiger partial charge in [0.05, 0.1) is 0 Å². The number of hydrogen-bond acceptors (Lipinski definition) is 4. The van der Waals surface area contributed by atoms with Crippen LogP contribution in [0.3, 0.4) is 0 Å². The number of carbonyl (C=O) groups is 1. The number of amides is 1. The van der Waals surface area contributed by atoms with Crippen LogP contribution in [0.2, 0.25) is 0 Å². The average molecular weight is 275 g/mol. The summed E-state index contributed by atoms with van der Waals surface area (Å²) in [7, 11) is 0. The fraction of sp³-hybridized carbons (Fsp3) is 0.357. The summed E-state index contributed by atoms with van der Waals surface area (Å²) < 4.78 is 0. The topological polar surface area (TPSA) is 54.9 Å². The van der Waals surface area contributed by atoms with Crippen molar-refractivity contribution in [2.75, 3.05) is 6.54 Å². The van der Waals surface area contributed by atoms with Gasteiger partial charge in [-0.3, -0.25) is 9.78 Å². The number of carbonyl (C=O) groups excluding carboxylic acids is 1. The molecule has 0 unspecified atom stereocenters. The van der Waals surface area contributed by atoms with E-state index in [2.05, 4.69) is 22.2 Å². The number of aromatic nitrogens is 2. The monoisotopic (exact) mass is 275 g/mol. The lowest BCUT2D eigenvalue weighted by Crippen LogP contribution is -2.24. The Balaban J connectivity index is 1.95. The van der Waals surface area contributed by atoms with Crippen molar-refractivity contribution in [1.82, 2.24) is 15.3 Å². The van der Waals surface area contributed by atoms with Crippen molar-refractivity contribution in [3.8, 4) is 10.6 Å². The van der Waals surface area contributed by atoms with Crippen molar-refractivity contribution in [2.45, 2.75) is 26.2 Å². The summed E-state index contributed by atoms with van der Waals surface area (Å²) in [5.74, 6) is -0.0901. The van der Waals surface area contributed by atoms with Crippen molar-refractivity contribution in [3.05, 3.63) is 35.6 Å². The second-order valence-electron chi connectivity index (χ2n) is 4.24. The maximum absolute atomic E-state index is 11.9. The highest BCUT2D eigenvalue weighted by molar-refractivity contribution is 7.13. The Morgan fingerprint density at radius 3 is 2.84 bits per heavy atom. The van der Waals surface area contributed by atoms with Gasteiger partial charge in [0.15, 0.2) is 0 Å². The van der Waals surface area contributed by atoms with Gasteiger partial charge in [-0.05, 0) is 18.6 Å². The molecule has 0 spiro atoms. The first kappa shape index (κ1) is 13.7. The summed E-state index contributed by atoms with van der Waals surface area (Å²) in [4.78, 5) is 20.2. The van der Waals surface area contributed by atoms with Gasteiger partial charge in [0.1, 0.15) is 10.7 Å². The summed E-state index contributed by atoms with van der Waals surface area (Å²) in [6, 6.07) is 3.78. The fourth-order valence-electron chi connectivity index (χ4n) is 1.67. The number of pyridine rings is 1. The maximum atomic E-state index is 11.9. The van der Waals surface area contributed by atoms with Crippen molar-refractivity contribution in [2.24, 2.45) is 0 Å². The van der Waals surface area contributed by atoms with Gasteiger partial charge in [0.25, 0.3) is 5.91 Å². The zero-order valence-electron chi connectivity index (χ0n) is 10.9. The Morgan fingerprint density at radius 2 is 2.11 bits per heavy atom. The normalized spacial score (nSPS) is 10.4. The number of nitrogens with zero attached hydrogens (tertiary/aromatic N) is 2. The van der Waals surface area contributed by atoms with E-state index in [0.717, 1.165) is 36.4 Å². The minimum atomic E-state index is -0.0901. The van der Waals surface area contributed by atoms with Gasteiger partial charge in [0, 0.05) is 29.9 Å². The maximum Gasteiger partial charge on any atom is 0.270 e. The van der Waals surface area contributed by atoms with Crippen molar-refractivity contribution in [3.63, 3.8) is 0 Å². The molecular formula is C14H17N3OS. The minimum Gasteiger partial charge on any atom is -0.351 e. The lowest BCUT2D eigenvalue weighted by Gasteiger charge is -2.01. The van der Waals surface area contributed by atoms with E-state index in [1.54, 1.807) is 17.8 Å². The Hall–Kier alpha value is -1.75. The molecule has 1 amide bonds. The summed E-state index contributed by atoms with van der Waals surface area (Å²) in [6.07, 6.45) is 6.75. The number of thiazole rings is 1. The SMILES string of the molecule is CCCCCNC(=O)c1csc(-c2ccncc2)n1. The standard InChI is InChI=1S/C14H17N3OS/c1-2-3-4-7-16-13(18)12-10-19-14(17-12)11-5-8-15-9-6-11/h5-6,8-10H,2-4,7H2,1H3,(H,16,18). The highest BCUT2D eigenvalue weighted by Crippen LogP contribution is 2.22. The van der Waals surface area contributed by atoms with Crippen LogP contribution < -0.4 is 5.32 Å². The van der Waals surface area contributed by atoms with Crippen LogP contribution in [-0.2, 0) is 0 Å². The first-order valence-corrected chi connectivity index (χ1v) is 7.33. The van der Waals surface area contributed by atoms with Gasteiger partial charge < -0.3 is 5.32 Å². The van der Waals surface area contributed by atoms with Crippen LogP contribution in [0.25, 0.3) is 10.6 Å². The van der Waals surface area contributed by atoms with Crippen molar-refractivity contribution < 1.29 is 4.79 Å². The molecule has 2 heterocycles. The number of rotatable bonds is 6. The van der Waals surface area contributed by atoms with Gasteiger partial charge in [-0.2, -0.15) is 0 Å². The largest absolute Gasteiger partial charge is 0.351 e. The predicted octanol–water partition coefficient (Wildman–Crippen LogP) is 3.13. The van der Waals surface area contributed by atoms with Crippen LogP contribution in [0.15, 0.2) is 29.9 Å². The molecular weight excluding hydrogens is 258 g/mol. The molecule has 2 aromatic rings.